The van der Waals surface area contributed by atoms with E-state index in [-0.39, 0.29) is 30.8 Å². The molecule has 1 atom stereocenters. The molecule has 1 aromatic heterocycles. The molecular weight excluding hydrogens is 496 g/mol. The van der Waals surface area contributed by atoms with Crippen LogP contribution in [0.1, 0.15) is 36.8 Å². The smallest absolute Gasteiger partial charge is 0.249 e. The Bertz CT molecular complexity index is 1130. The molecule has 1 aliphatic rings. The van der Waals surface area contributed by atoms with Crippen LogP contribution >= 0.6 is 15.9 Å². The Morgan fingerprint density at radius 2 is 1.91 bits per heavy atom. The van der Waals surface area contributed by atoms with Gasteiger partial charge in [0, 0.05) is 23.1 Å². The Hall–Kier alpha value is -3.26. The highest BCUT2D eigenvalue weighted by molar-refractivity contribution is 9.10. The number of piperidine rings is 1. The van der Waals surface area contributed by atoms with Crippen LogP contribution in [0.15, 0.2) is 76.2 Å². The second kappa shape index (κ2) is 11.2. The predicted molar refractivity (Wildman–Crippen MR) is 133 cm³/mol. The SMILES string of the molecule is C=CCN(CC(=O)N1CCCCC1c1nc(-c2ccc(Br)cc2)no1)C(=O)Cc1ccccc1. The van der Waals surface area contributed by atoms with E-state index in [0.29, 0.717) is 24.8 Å². The van der Waals surface area contributed by atoms with Crippen molar-refractivity contribution in [2.45, 2.75) is 31.7 Å². The molecule has 34 heavy (non-hydrogen) atoms. The lowest BCUT2D eigenvalue weighted by atomic mass is 10.0. The van der Waals surface area contributed by atoms with Crippen molar-refractivity contribution in [1.82, 2.24) is 19.9 Å². The van der Waals surface area contributed by atoms with Crippen molar-refractivity contribution in [1.29, 1.82) is 0 Å². The van der Waals surface area contributed by atoms with Gasteiger partial charge in [-0.05, 0) is 49.1 Å². The summed E-state index contributed by atoms with van der Waals surface area (Å²) in [6.45, 7) is 4.64. The molecule has 0 spiro atoms. The normalized spacial score (nSPS) is 15.7. The summed E-state index contributed by atoms with van der Waals surface area (Å²) in [7, 11) is 0. The second-order valence-electron chi connectivity index (χ2n) is 8.29. The Labute approximate surface area is 207 Å². The van der Waals surface area contributed by atoms with Crippen molar-refractivity contribution in [3.63, 3.8) is 0 Å². The number of nitrogens with zero attached hydrogens (tertiary/aromatic N) is 4. The molecule has 2 aromatic carbocycles. The summed E-state index contributed by atoms with van der Waals surface area (Å²) >= 11 is 3.43. The van der Waals surface area contributed by atoms with E-state index in [0.717, 1.165) is 34.9 Å². The molecule has 2 amide bonds. The van der Waals surface area contributed by atoms with Crippen molar-refractivity contribution in [2.24, 2.45) is 0 Å². The van der Waals surface area contributed by atoms with Crippen LogP contribution in [-0.4, -0.2) is 51.4 Å². The topological polar surface area (TPSA) is 79.5 Å². The third-order valence-electron chi connectivity index (χ3n) is 5.88. The van der Waals surface area contributed by atoms with Gasteiger partial charge in [-0.2, -0.15) is 4.98 Å². The van der Waals surface area contributed by atoms with Crippen LogP contribution in [0.2, 0.25) is 0 Å². The summed E-state index contributed by atoms with van der Waals surface area (Å²) in [6.07, 6.45) is 4.49. The molecule has 3 aromatic rings. The molecule has 1 fully saturated rings. The minimum absolute atomic E-state index is 0.0120. The third kappa shape index (κ3) is 5.80. The molecule has 2 heterocycles. The van der Waals surface area contributed by atoms with Crippen LogP contribution in [0.4, 0.5) is 0 Å². The first-order chi connectivity index (χ1) is 16.5. The number of benzene rings is 2. The molecule has 1 aliphatic heterocycles. The maximum Gasteiger partial charge on any atom is 0.249 e. The van der Waals surface area contributed by atoms with Crippen LogP contribution < -0.4 is 0 Å². The number of rotatable bonds is 8. The molecule has 0 saturated carbocycles. The van der Waals surface area contributed by atoms with Gasteiger partial charge >= 0.3 is 0 Å². The summed E-state index contributed by atoms with van der Waals surface area (Å²) in [5.74, 6) is 0.684. The average Bonchev–Trinajstić information content (AvgIpc) is 3.35. The first-order valence-corrected chi connectivity index (χ1v) is 12.2. The van der Waals surface area contributed by atoms with Gasteiger partial charge in [0.25, 0.3) is 0 Å². The van der Waals surface area contributed by atoms with Gasteiger partial charge in [0.1, 0.15) is 12.6 Å². The number of aromatic nitrogens is 2. The Morgan fingerprint density at radius 1 is 1.15 bits per heavy atom. The number of amides is 2. The van der Waals surface area contributed by atoms with E-state index in [1.807, 2.05) is 54.6 Å². The summed E-state index contributed by atoms with van der Waals surface area (Å²) in [5.41, 5.74) is 1.76. The Morgan fingerprint density at radius 3 is 2.65 bits per heavy atom. The minimum atomic E-state index is -0.298. The molecule has 1 unspecified atom stereocenters. The van der Waals surface area contributed by atoms with Crippen molar-refractivity contribution < 1.29 is 14.1 Å². The van der Waals surface area contributed by atoms with E-state index in [1.165, 1.54) is 0 Å². The number of carbonyl (C=O) groups excluding carboxylic acids is 2. The summed E-state index contributed by atoms with van der Waals surface area (Å²) in [4.78, 5) is 34.2. The van der Waals surface area contributed by atoms with Gasteiger partial charge in [0.15, 0.2) is 0 Å². The largest absolute Gasteiger partial charge is 0.337 e. The van der Waals surface area contributed by atoms with E-state index in [2.05, 4.69) is 32.6 Å². The zero-order chi connectivity index (χ0) is 23.9. The quantitative estimate of drug-likeness (QED) is 0.396. The van der Waals surface area contributed by atoms with Gasteiger partial charge in [-0.1, -0.05) is 57.5 Å². The third-order valence-corrected chi connectivity index (χ3v) is 6.41. The van der Waals surface area contributed by atoms with Gasteiger partial charge < -0.3 is 14.3 Å². The Balaban J connectivity index is 1.47. The molecule has 0 N–H and O–H groups in total. The minimum Gasteiger partial charge on any atom is -0.337 e. The predicted octanol–water partition coefficient (Wildman–Crippen LogP) is 4.81. The van der Waals surface area contributed by atoms with Crippen LogP contribution in [0.5, 0.6) is 0 Å². The van der Waals surface area contributed by atoms with E-state index in [4.69, 9.17) is 4.52 Å². The fourth-order valence-electron chi connectivity index (χ4n) is 4.12. The molecule has 176 valence electrons. The highest BCUT2D eigenvalue weighted by Gasteiger charge is 2.33. The van der Waals surface area contributed by atoms with Gasteiger partial charge in [-0.25, -0.2) is 0 Å². The maximum absolute atomic E-state index is 13.3. The fourth-order valence-corrected chi connectivity index (χ4v) is 4.38. The van der Waals surface area contributed by atoms with Crippen LogP contribution in [-0.2, 0) is 16.0 Å². The molecule has 7 nitrogen and oxygen atoms in total. The molecule has 8 heteroatoms. The fraction of sp³-hybridized carbons (Fsp3) is 0.308. The second-order valence-corrected chi connectivity index (χ2v) is 9.20. The standard InChI is InChI=1S/C26H27BrN4O3/c1-2-15-30(23(32)17-19-8-4-3-5-9-19)18-24(33)31-16-7-6-10-22(31)26-28-25(29-34-26)20-11-13-21(27)14-12-20/h2-5,8-9,11-14,22H,1,6-7,10,15-18H2. The molecule has 1 saturated heterocycles. The van der Waals surface area contributed by atoms with E-state index in [9.17, 15) is 9.59 Å². The van der Waals surface area contributed by atoms with Crippen molar-refractivity contribution in [3.8, 4) is 11.4 Å². The molecule has 0 bridgehead atoms. The Kier molecular flexibility index (Phi) is 7.90. The van der Waals surface area contributed by atoms with Gasteiger partial charge in [-0.15, -0.1) is 6.58 Å². The lowest BCUT2D eigenvalue weighted by Crippen LogP contribution is -2.46. The van der Waals surface area contributed by atoms with Crippen LogP contribution in [0, 0.1) is 0 Å². The van der Waals surface area contributed by atoms with Crippen LogP contribution in [0.3, 0.4) is 0 Å². The molecular formula is C26H27BrN4O3. The van der Waals surface area contributed by atoms with E-state index in [1.54, 1.807) is 15.9 Å². The first-order valence-electron chi connectivity index (χ1n) is 11.4. The van der Waals surface area contributed by atoms with Crippen LogP contribution in [0.25, 0.3) is 11.4 Å². The van der Waals surface area contributed by atoms with Crippen molar-refractivity contribution in [3.05, 3.63) is 83.2 Å². The zero-order valence-corrected chi connectivity index (χ0v) is 20.5. The number of carbonyl (C=O) groups is 2. The highest BCUT2D eigenvalue weighted by Crippen LogP contribution is 2.31. The number of hydrogen-bond donors (Lipinski definition) is 0. The first kappa shape index (κ1) is 23.9. The molecule has 0 aliphatic carbocycles. The molecule has 0 radical (unpaired) electrons. The lowest BCUT2D eigenvalue weighted by Gasteiger charge is -2.35. The summed E-state index contributed by atoms with van der Waals surface area (Å²) < 4.78 is 6.55. The van der Waals surface area contributed by atoms with E-state index >= 15 is 0 Å². The van der Waals surface area contributed by atoms with Gasteiger partial charge in [0.05, 0.1) is 6.42 Å². The van der Waals surface area contributed by atoms with Gasteiger partial charge in [0.2, 0.25) is 23.5 Å². The van der Waals surface area contributed by atoms with Gasteiger partial charge in [-0.3, -0.25) is 9.59 Å². The summed E-state index contributed by atoms with van der Waals surface area (Å²) in [5, 5.41) is 4.13. The lowest BCUT2D eigenvalue weighted by molar-refractivity contribution is -0.142. The maximum atomic E-state index is 13.3. The van der Waals surface area contributed by atoms with Crippen molar-refractivity contribution >= 4 is 27.7 Å². The van der Waals surface area contributed by atoms with Crippen molar-refractivity contribution in [2.75, 3.05) is 19.6 Å². The summed E-state index contributed by atoms with van der Waals surface area (Å²) in [6, 6.07) is 16.9. The van der Waals surface area contributed by atoms with E-state index < -0.39 is 0 Å². The zero-order valence-electron chi connectivity index (χ0n) is 18.9. The number of hydrogen-bond acceptors (Lipinski definition) is 5. The highest BCUT2D eigenvalue weighted by atomic mass is 79.9. The average molecular weight is 523 g/mol. The monoisotopic (exact) mass is 522 g/mol. The number of halogens is 1. The number of likely N-dealkylation sites (tertiary alicyclic amines) is 1. The molecule has 4 rings (SSSR count).